The van der Waals surface area contributed by atoms with Crippen molar-refractivity contribution in [2.75, 3.05) is 20.2 Å². The molecule has 1 fully saturated rings. The zero-order chi connectivity index (χ0) is 16.8. The molecule has 1 aliphatic heterocycles. The lowest BCUT2D eigenvalue weighted by Crippen LogP contribution is -2.35. The molecule has 3 rings (SSSR count). The second-order valence-electron chi connectivity index (χ2n) is 6.47. The largest absolute Gasteiger partial charge is 0.495 e. The maximum absolute atomic E-state index is 11.8. The molecule has 128 valence electrons. The molecule has 0 aliphatic carbocycles. The second-order valence-corrected chi connectivity index (χ2v) is 6.47. The van der Waals surface area contributed by atoms with Crippen LogP contribution in [0.25, 0.3) is 0 Å². The normalized spacial score (nSPS) is 16.2. The highest BCUT2D eigenvalue weighted by molar-refractivity contribution is 5.19. The number of aromatic nitrogens is 2. The Kier molecular flexibility index (Phi) is 5.64. The predicted octanol–water partition coefficient (Wildman–Crippen LogP) is 2.62. The average molecular weight is 327 g/mol. The third-order valence-corrected chi connectivity index (χ3v) is 4.84. The zero-order valence-corrected chi connectivity index (χ0v) is 14.2. The van der Waals surface area contributed by atoms with Crippen LogP contribution in [0.4, 0.5) is 0 Å². The number of hydrogen-bond donors (Lipinski definition) is 1. The summed E-state index contributed by atoms with van der Waals surface area (Å²) in [5.74, 6) is 1.56. The van der Waals surface area contributed by atoms with Crippen molar-refractivity contribution in [3.8, 4) is 5.75 Å². The summed E-state index contributed by atoms with van der Waals surface area (Å²) in [7, 11) is 1.66. The van der Waals surface area contributed by atoms with Crippen molar-refractivity contribution in [3.05, 3.63) is 58.3 Å². The van der Waals surface area contributed by atoms with Crippen LogP contribution in [0.1, 0.15) is 30.5 Å². The van der Waals surface area contributed by atoms with Gasteiger partial charge < -0.3 is 9.72 Å². The van der Waals surface area contributed by atoms with E-state index in [0.29, 0.717) is 0 Å². The lowest BCUT2D eigenvalue weighted by atomic mass is 9.91. The van der Waals surface area contributed by atoms with E-state index in [0.717, 1.165) is 49.0 Å². The molecule has 24 heavy (non-hydrogen) atoms. The van der Waals surface area contributed by atoms with Crippen LogP contribution in [0.15, 0.2) is 41.5 Å². The first-order valence-electron chi connectivity index (χ1n) is 8.62. The van der Waals surface area contributed by atoms with Crippen LogP contribution in [0.2, 0.25) is 0 Å². The number of ether oxygens (including phenoxy) is 1. The molecule has 1 N–H and O–H groups in total. The lowest BCUT2D eigenvalue weighted by Gasteiger charge is -2.31. The highest BCUT2D eigenvalue weighted by atomic mass is 16.5. The van der Waals surface area contributed by atoms with Crippen LogP contribution in [-0.2, 0) is 13.0 Å². The number of likely N-dealkylation sites (tertiary alicyclic amines) is 1. The van der Waals surface area contributed by atoms with Gasteiger partial charge in [-0.1, -0.05) is 6.07 Å². The first-order valence-corrected chi connectivity index (χ1v) is 8.62. The Morgan fingerprint density at radius 1 is 1.29 bits per heavy atom. The molecule has 1 aliphatic rings. The van der Waals surface area contributed by atoms with Gasteiger partial charge in [-0.25, -0.2) is 0 Å². The molecule has 1 saturated heterocycles. The smallest absolute Gasteiger partial charge is 0.252 e. The van der Waals surface area contributed by atoms with E-state index in [1.807, 2.05) is 18.2 Å². The number of pyridine rings is 2. The minimum atomic E-state index is 0.0326. The minimum Gasteiger partial charge on any atom is -0.495 e. The number of aromatic amines is 1. The summed E-state index contributed by atoms with van der Waals surface area (Å²) in [6.45, 7) is 2.88. The van der Waals surface area contributed by atoms with Crippen LogP contribution < -0.4 is 10.3 Å². The first-order chi connectivity index (χ1) is 11.7. The number of H-pyrrole nitrogens is 1. The van der Waals surface area contributed by atoms with E-state index in [1.165, 1.54) is 19.3 Å². The van der Waals surface area contributed by atoms with E-state index in [1.54, 1.807) is 19.5 Å². The molecule has 2 aromatic rings. The third kappa shape index (κ3) is 4.45. The maximum atomic E-state index is 11.8. The molecule has 0 bridgehead atoms. The molecule has 0 unspecified atom stereocenters. The standard InChI is InChI=1S/C19H25N3O2/c1-24-18-7-6-17(21-13-18)5-4-15-8-11-22(12-9-15)14-16-3-2-10-20-19(16)23/h2-3,6-7,10,13,15H,4-5,8-9,11-12,14H2,1H3,(H,20,23). The molecular weight excluding hydrogens is 302 g/mol. The van der Waals surface area contributed by atoms with Crippen molar-refractivity contribution in [3.63, 3.8) is 0 Å². The van der Waals surface area contributed by atoms with Gasteiger partial charge in [0, 0.05) is 24.0 Å². The fraction of sp³-hybridized carbons (Fsp3) is 0.474. The zero-order valence-electron chi connectivity index (χ0n) is 14.2. The van der Waals surface area contributed by atoms with Gasteiger partial charge in [0.05, 0.1) is 13.3 Å². The molecule has 5 nitrogen and oxygen atoms in total. The Morgan fingerprint density at radius 3 is 2.79 bits per heavy atom. The highest BCUT2D eigenvalue weighted by Gasteiger charge is 2.19. The molecule has 5 heteroatoms. The van der Waals surface area contributed by atoms with Crippen molar-refractivity contribution >= 4 is 0 Å². The number of rotatable bonds is 6. The molecule has 2 aromatic heterocycles. The predicted molar refractivity (Wildman–Crippen MR) is 94.2 cm³/mol. The quantitative estimate of drug-likeness (QED) is 0.886. The van der Waals surface area contributed by atoms with Crippen LogP contribution in [0.3, 0.4) is 0 Å². The molecule has 0 amide bonds. The molecule has 0 radical (unpaired) electrons. The van der Waals surface area contributed by atoms with Crippen molar-refractivity contribution in [2.24, 2.45) is 5.92 Å². The highest BCUT2D eigenvalue weighted by Crippen LogP contribution is 2.23. The summed E-state index contributed by atoms with van der Waals surface area (Å²) in [4.78, 5) is 21.3. The van der Waals surface area contributed by atoms with Crippen molar-refractivity contribution in [1.82, 2.24) is 14.9 Å². The van der Waals surface area contributed by atoms with E-state index in [-0.39, 0.29) is 5.56 Å². The van der Waals surface area contributed by atoms with Crippen molar-refractivity contribution in [2.45, 2.75) is 32.2 Å². The molecular formula is C19H25N3O2. The second kappa shape index (κ2) is 8.11. The van der Waals surface area contributed by atoms with Gasteiger partial charge in [-0.2, -0.15) is 0 Å². The number of methoxy groups -OCH3 is 1. The minimum absolute atomic E-state index is 0.0326. The topological polar surface area (TPSA) is 58.2 Å². The summed E-state index contributed by atoms with van der Waals surface area (Å²) >= 11 is 0. The summed E-state index contributed by atoms with van der Waals surface area (Å²) < 4.78 is 5.14. The number of nitrogens with zero attached hydrogens (tertiary/aromatic N) is 2. The lowest BCUT2D eigenvalue weighted by molar-refractivity contribution is 0.171. The Hall–Kier alpha value is -2.14. The molecule has 3 heterocycles. The van der Waals surface area contributed by atoms with E-state index < -0.39 is 0 Å². The first kappa shape index (κ1) is 16.7. The third-order valence-electron chi connectivity index (χ3n) is 4.84. The van der Waals surface area contributed by atoms with Gasteiger partial charge >= 0.3 is 0 Å². The van der Waals surface area contributed by atoms with E-state index >= 15 is 0 Å². The SMILES string of the molecule is COc1ccc(CCC2CCN(Cc3ccc[nH]c3=O)CC2)nc1. The van der Waals surface area contributed by atoms with Gasteiger partial charge in [-0.15, -0.1) is 0 Å². The maximum Gasteiger partial charge on any atom is 0.252 e. The van der Waals surface area contributed by atoms with E-state index in [9.17, 15) is 4.79 Å². The van der Waals surface area contributed by atoms with Crippen LogP contribution in [-0.4, -0.2) is 35.1 Å². The average Bonchev–Trinajstić information content (AvgIpc) is 2.63. The van der Waals surface area contributed by atoms with Gasteiger partial charge in [-0.05, 0) is 62.9 Å². The summed E-state index contributed by atoms with van der Waals surface area (Å²) in [5.41, 5.74) is 2.03. The fourth-order valence-electron chi connectivity index (χ4n) is 3.29. The van der Waals surface area contributed by atoms with Crippen LogP contribution in [0, 0.1) is 5.92 Å². The summed E-state index contributed by atoms with van der Waals surface area (Å²) in [6, 6.07) is 7.84. The van der Waals surface area contributed by atoms with Crippen molar-refractivity contribution in [1.29, 1.82) is 0 Å². The molecule has 0 saturated carbocycles. The molecule has 0 aromatic carbocycles. The van der Waals surface area contributed by atoms with Gasteiger partial charge in [0.25, 0.3) is 5.56 Å². The number of nitrogens with one attached hydrogen (secondary N) is 1. The molecule has 0 spiro atoms. The Labute approximate surface area is 142 Å². The van der Waals surface area contributed by atoms with Gasteiger partial charge in [-0.3, -0.25) is 14.7 Å². The fourth-order valence-corrected chi connectivity index (χ4v) is 3.29. The van der Waals surface area contributed by atoms with Crippen LogP contribution in [0.5, 0.6) is 5.75 Å². The van der Waals surface area contributed by atoms with E-state index in [4.69, 9.17) is 4.74 Å². The molecule has 0 atom stereocenters. The summed E-state index contributed by atoms with van der Waals surface area (Å²) in [6.07, 6.45) is 8.06. The number of aryl methyl sites for hydroxylation is 1. The van der Waals surface area contributed by atoms with E-state index in [2.05, 4.69) is 20.9 Å². The van der Waals surface area contributed by atoms with Gasteiger partial charge in [0.2, 0.25) is 0 Å². The summed E-state index contributed by atoms with van der Waals surface area (Å²) in [5, 5.41) is 0. The monoisotopic (exact) mass is 327 g/mol. The Bertz CT molecular complexity index is 688. The number of piperidine rings is 1. The van der Waals surface area contributed by atoms with Crippen molar-refractivity contribution < 1.29 is 4.74 Å². The Morgan fingerprint density at radius 2 is 2.12 bits per heavy atom. The number of hydrogen-bond acceptors (Lipinski definition) is 4. The van der Waals surface area contributed by atoms with Gasteiger partial charge in [0.1, 0.15) is 5.75 Å². The Balaban J connectivity index is 1.43. The van der Waals surface area contributed by atoms with Gasteiger partial charge in [0.15, 0.2) is 0 Å². The van der Waals surface area contributed by atoms with Crippen LogP contribution >= 0.6 is 0 Å².